The van der Waals surface area contributed by atoms with Crippen LogP contribution in [-0.2, 0) is 0 Å². The Bertz CT molecular complexity index is 449. The van der Waals surface area contributed by atoms with Crippen LogP contribution in [0.25, 0.3) is 10.9 Å². The van der Waals surface area contributed by atoms with Crippen LogP contribution in [0.2, 0.25) is 0 Å². The number of aliphatic hydroxyl groups excluding tert-OH is 1. The van der Waals surface area contributed by atoms with Gasteiger partial charge >= 0.3 is 0 Å². The quantitative estimate of drug-likeness (QED) is 0.846. The van der Waals surface area contributed by atoms with Gasteiger partial charge in [-0.05, 0) is 18.6 Å². The molecule has 0 amide bonds. The summed E-state index contributed by atoms with van der Waals surface area (Å²) in [6.45, 7) is 1.97. The van der Waals surface area contributed by atoms with Crippen LogP contribution < -0.4 is 0 Å². The number of aromatic nitrogens is 1. The molecule has 0 unspecified atom stereocenters. The predicted molar refractivity (Wildman–Crippen MR) is 61.2 cm³/mol. The molecule has 2 N–H and O–H groups in total. The largest absolute Gasteiger partial charge is 0.388 e. The lowest BCUT2D eigenvalue weighted by atomic mass is 10.1. The molecule has 2 nitrogen and oxygen atoms in total. The van der Waals surface area contributed by atoms with Crippen molar-refractivity contribution in [1.29, 1.82) is 0 Å². The van der Waals surface area contributed by atoms with Crippen LogP contribution in [0, 0.1) is 0 Å². The number of H-pyrrole nitrogens is 1. The van der Waals surface area contributed by atoms with Gasteiger partial charge in [0, 0.05) is 27.1 Å². The first-order valence-corrected chi connectivity index (χ1v) is 5.47. The maximum absolute atomic E-state index is 9.80. The van der Waals surface area contributed by atoms with E-state index in [1.807, 2.05) is 31.3 Å². The zero-order valence-electron chi connectivity index (χ0n) is 7.92. The van der Waals surface area contributed by atoms with Crippen molar-refractivity contribution in [1.82, 2.24) is 4.98 Å². The van der Waals surface area contributed by atoms with Gasteiger partial charge in [-0.25, -0.2) is 0 Å². The summed E-state index contributed by atoms with van der Waals surface area (Å²) in [6.07, 6.45) is 2.22. The number of nitrogens with one attached hydrogen (secondary N) is 1. The summed E-state index contributed by atoms with van der Waals surface area (Å²) >= 11 is 3.49. The highest BCUT2D eigenvalue weighted by atomic mass is 79.9. The molecule has 0 bridgehead atoms. The lowest BCUT2D eigenvalue weighted by molar-refractivity contribution is 0.175. The van der Waals surface area contributed by atoms with Crippen LogP contribution in [0.5, 0.6) is 0 Å². The summed E-state index contributed by atoms with van der Waals surface area (Å²) in [4.78, 5) is 3.15. The molecular weight excluding hydrogens is 242 g/mol. The average molecular weight is 254 g/mol. The monoisotopic (exact) mass is 253 g/mol. The molecule has 0 saturated carbocycles. The van der Waals surface area contributed by atoms with Gasteiger partial charge in [0.25, 0.3) is 0 Å². The fourth-order valence-electron chi connectivity index (χ4n) is 1.65. The van der Waals surface area contributed by atoms with Crippen molar-refractivity contribution < 1.29 is 5.11 Å². The first kappa shape index (κ1) is 9.74. The Hall–Kier alpha value is -0.800. The fourth-order valence-corrected chi connectivity index (χ4v) is 2.24. The molecule has 1 atom stereocenters. The van der Waals surface area contributed by atoms with Crippen LogP contribution >= 0.6 is 15.9 Å². The van der Waals surface area contributed by atoms with E-state index in [4.69, 9.17) is 0 Å². The van der Waals surface area contributed by atoms with E-state index in [1.165, 1.54) is 0 Å². The number of aliphatic hydroxyl groups is 1. The van der Waals surface area contributed by atoms with E-state index >= 15 is 0 Å². The lowest BCUT2D eigenvalue weighted by Crippen LogP contribution is -1.93. The van der Waals surface area contributed by atoms with Crippen LogP contribution in [-0.4, -0.2) is 10.1 Å². The zero-order chi connectivity index (χ0) is 10.1. The Balaban J connectivity index is 2.67. The molecule has 74 valence electrons. The minimum Gasteiger partial charge on any atom is -0.388 e. The summed E-state index contributed by atoms with van der Waals surface area (Å²) in [5, 5.41) is 10.9. The number of benzene rings is 1. The summed E-state index contributed by atoms with van der Waals surface area (Å²) in [5.41, 5.74) is 2.02. The van der Waals surface area contributed by atoms with Gasteiger partial charge in [-0.1, -0.05) is 28.9 Å². The van der Waals surface area contributed by atoms with Gasteiger partial charge in [-0.2, -0.15) is 0 Å². The first-order valence-electron chi connectivity index (χ1n) is 4.67. The maximum Gasteiger partial charge on any atom is 0.0808 e. The van der Waals surface area contributed by atoms with Gasteiger partial charge in [0.2, 0.25) is 0 Å². The summed E-state index contributed by atoms with van der Waals surface area (Å²) in [6, 6.07) is 5.97. The van der Waals surface area contributed by atoms with Crippen LogP contribution in [0.1, 0.15) is 25.0 Å². The van der Waals surface area contributed by atoms with E-state index in [1.54, 1.807) is 0 Å². The second-order valence-electron chi connectivity index (χ2n) is 3.33. The average Bonchev–Trinajstić information content (AvgIpc) is 2.62. The molecule has 1 aromatic carbocycles. The van der Waals surface area contributed by atoms with Gasteiger partial charge in [0.1, 0.15) is 0 Å². The molecule has 0 radical (unpaired) electrons. The Labute approximate surface area is 91.1 Å². The molecule has 0 aliphatic carbocycles. The summed E-state index contributed by atoms with van der Waals surface area (Å²) in [5.74, 6) is 0. The molecule has 3 heteroatoms. The molecule has 0 spiro atoms. The number of aromatic amines is 1. The van der Waals surface area contributed by atoms with E-state index in [0.29, 0.717) is 0 Å². The second-order valence-corrected chi connectivity index (χ2v) is 4.18. The Morgan fingerprint density at radius 1 is 1.50 bits per heavy atom. The molecule has 0 aliphatic rings. The van der Waals surface area contributed by atoms with Gasteiger partial charge < -0.3 is 10.1 Å². The minimum absolute atomic E-state index is 0.387. The third-order valence-corrected chi connectivity index (χ3v) is 3.09. The Morgan fingerprint density at radius 3 is 3.00 bits per heavy atom. The standard InChI is InChI=1S/C11H12BrNO/c1-2-10(14)7-6-13-9-5-3-4-8(12)11(7)9/h3-6,10,13-14H,2H2,1H3/t10-/m1/s1. The Kier molecular flexibility index (Phi) is 2.61. The number of hydrogen-bond donors (Lipinski definition) is 2. The predicted octanol–water partition coefficient (Wildman–Crippen LogP) is 3.37. The smallest absolute Gasteiger partial charge is 0.0808 e. The van der Waals surface area contributed by atoms with Crippen LogP contribution in [0.3, 0.4) is 0 Å². The highest BCUT2D eigenvalue weighted by Crippen LogP contribution is 2.31. The zero-order valence-corrected chi connectivity index (χ0v) is 9.51. The van der Waals surface area contributed by atoms with Gasteiger partial charge in [0.05, 0.1) is 6.10 Å². The number of hydrogen-bond acceptors (Lipinski definition) is 1. The highest BCUT2D eigenvalue weighted by Gasteiger charge is 2.12. The number of fused-ring (bicyclic) bond motifs is 1. The van der Waals surface area contributed by atoms with E-state index in [2.05, 4.69) is 20.9 Å². The Morgan fingerprint density at radius 2 is 2.29 bits per heavy atom. The molecule has 14 heavy (non-hydrogen) atoms. The molecule has 2 aromatic rings. The molecule has 1 aromatic heterocycles. The molecule has 2 rings (SSSR count). The van der Waals surface area contributed by atoms with Crippen molar-refractivity contribution in [3.05, 3.63) is 34.4 Å². The van der Waals surface area contributed by atoms with Crippen molar-refractivity contribution in [2.75, 3.05) is 0 Å². The third-order valence-electron chi connectivity index (χ3n) is 2.43. The summed E-state index contributed by atoms with van der Waals surface area (Å²) in [7, 11) is 0. The number of halogens is 1. The highest BCUT2D eigenvalue weighted by molar-refractivity contribution is 9.10. The van der Waals surface area contributed by atoms with Gasteiger partial charge in [-0.3, -0.25) is 0 Å². The third kappa shape index (κ3) is 1.47. The lowest BCUT2D eigenvalue weighted by Gasteiger charge is -2.06. The first-order chi connectivity index (χ1) is 6.74. The SMILES string of the molecule is CC[C@@H](O)c1c[nH]c2cccc(Br)c12. The second kappa shape index (κ2) is 3.75. The molecule has 0 saturated heterocycles. The van der Waals surface area contributed by atoms with Crippen molar-refractivity contribution in [3.8, 4) is 0 Å². The molecule has 0 aliphatic heterocycles. The van der Waals surface area contributed by atoms with Crippen LogP contribution in [0.4, 0.5) is 0 Å². The number of rotatable bonds is 2. The molecule has 0 fully saturated rings. The van der Waals surface area contributed by atoms with E-state index in [0.717, 1.165) is 27.4 Å². The van der Waals surface area contributed by atoms with Crippen molar-refractivity contribution in [2.24, 2.45) is 0 Å². The van der Waals surface area contributed by atoms with Crippen molar-refractivity contribution in [3.63, 3.8) is 0 Å². The van der Waals surface area contributed by atoms with E-state index in [9.17, 15) is 5.11 Å². The van der Waals surface area contributed by atoms with E-state index in [-0.39, 0.29) is 6.10 Å². The maximum atomic E-state index is 9.80. The summed E-state index contributed by atoms with van der Waals surface area (Å²) < 4.78 is 1.03. The topological polar surface area (TPSA) is 36.0 Å². The normalized spacial score (nSPS) is 13.4. The molecular formula is C11H12BrNO. The van der Waals surface area contributed by atoms with Gasteiger partial charge in [-0.15, -0.1) is 0 Å². The van der Waals surface area contributed by atoms with E-state index < -0.39 is 0 Å². The van der Waals surface area contributed by atoms with Gasteiger partial charge in [0.15, 0.2) is 0 Å². The molecule has 1 heterocycles. The fraction of sp³-hybridized carbons (Fsp3) is 0.273. The minimum atomic E-state index is -0.387. The van der Waals surface area contributed by atoms with Crippen molar-refractivity contribution in [2.45, 2.75) is 19.4 Å². The van der Waals surface area contributed by atoms with Crippen molar-refractivity contribution >= 4 is 26.8 Å². The van der Waals surface area contributed by atoms with Crippen LogP contribution in [0.15, 0.2) is 28.9 Å².